The van der Waals surface area contributed by atoms with Crippen molar-refractivity contribution in [2.45, 2.75) is 0 Å². The molecule has 3 heterocycles. The number of carbonyl (C=O) groups is 2. The van der Waals surface area contributed by atoms with Crippen LogP contribution in [-0.4, -0.2) is 56.4 Å². The molecule has 9 nitrogen and oxygen atoms in total. The molecule has 0 atom stereocenters. The summed E-state index contributed by atoms with van der Waals surface area (Å²) in [5.41, 5.74) is 6.79. The molecule has 4 bridgehead atoms. The van der Waals surface area contributed by atoms with E-state index < -0.39 is 5.91 Å². The highest BCUT2D eigenvalue weighted by Crippen LogP contribution is 2.29. The molecule has 0 saturated heterocycles. The third-order valence-electron chi connectivity index (χ3n) is 3.90. The molecule has 0 radical (unpaired) electrons. The van der Waals surface area contributed by atoms with Gasteiger partial charge in [-0.25, -0.2) is 4.98 Å². The van der Waals surface area contributed by atoms with Crippen molar-refractivity contribution in [1.82, 2.24) is 15.6 Å². The zero-order chi connectivity index (χ0) is 20.6. The van der Waals surface area contributed by atoms with Crippen LogP contribution in [0.15, 0.2) is 46.8 Å². The molecule has 1 aliphatic heterocycles. The van der Waals surface area contributed by atoms with Crippen LogP contribution in [0.4, 0.5) is 0 Å². The van der Waals surface area contributed by atoms with E-state index in [4.69, 9.17) is 15.2 Å². The number of pyridine rings is 1. The molecule has 4 N–H and O–H groups in total. The summed E-state index contributed by atoms with van der Waals surface area (Å²) in [6, 6.07) is 7.19. The summed E-state index contributed by atoms with van der Waals surface area (Å²) in [4.78, 5) is 34.3. The number of hydrogen-bond donors (Lipinski definition) is 3. The average Bonchev–Trinajstić information content (AvgIpc) is 3.22. The van der Waals surface area contributed by atoms with Crippen molar-refractivity contribution >= 4 is 29.4 Å². The van der Waals surface area contributed by atoms with Crippen LogP contribution >= 0.6 is 11.3 Å². The minimum atomic E-state index is -0.521. The number of hydrogen-bond acceptors (Lipinski definition) is 8. The number of ether oxygens (including phenoxy) is 2. The fourth-order valence-corrected chi connectivity index (χ4v) is 3.40. The lowest BCUT2D eigenvalue weighted by atomic mass is 10.2. The van der Waals surface area contributed by atoms with E-state index in [0.717, 1.165) is 10.4 Å². The van der Waals surface area contributed by atoms with Gasteiger partial charge in [0.05, 0.1) is 23.8 Å². The Balaban J connectivity index is 1.92. The standard InChI is InChI=1S/C19H21N5O4S/c1-21-11-13-17(20)19(26)23-6-7-27-8-9-28-16-10-12(4-5-22-16)14-2-3-15(29-14)18(25)24-13/h2-5,10-11H,6-9,20H2,1H3,(H,23,26)(H,24,25). The maximum atomic E-state index is 12.7. The summed E-state index contributed by atoms with van der Waals surface area (Å²) >= 11 is 1.30. The predicted octanol–water partition coefficient (Wildman–Crippen LogP) is 0.936. The molecule has 1 aliphatic rings. The number of carbonyl (C=O) groups excluding carboxylic acids is 2. The van der Waals surface area contributed by atoms with E-state index in [1.165, 1.54) is 24.6 Å². The Morgan fingerprint density at radius 1 is 1.17 bits per heavy atom. The zero-order valence-corrected chi connectivity index (χ0v) is 16.6. The predicted molar refractivity (Wildman–Crippen MR) is 110 cm³/mol. The summed E-state index contributed by atoms with van der Waals surface area (Å²) in [7, 11) is 1.52. The first-order valence-electron chi connectivity index (χ1n) is 8.86. The van der Waals surface area contributed by atoms with E-state index >= 15 is 0 Å². The van der Waals surface area contributed by atoms with E-state index in [-0.39, 0.29) is 30.5 Å². The summed E-state index contributed by atoms with van der Waals surface area (Å²) in [6.45, 7) is 1.21. The third-order valence-corrected chi connectivity index (χ3v) is 5.03. The SMILES string of the molecule is CN=CC1=C(N)C(=O)NCCOCCOc2cc(ccn2)-c2ccc(s2)C(=O)N1. The van der Waals surface area contributed by atoms with Gasteiger partial charge >= 0.3 is 0 Å². The number of aromatic nitrogens is 1. The van der Waals surface area contributed by atoms with Gasteiger partial charge in [0.2, 0.25) is 5.88 Å². The van der Waals surface area contributed by atoms with Crippen molar-refractivity contribution in [1.29, 1.82) is 0 Å². The third kappa shape index (κ3) is 5.39. The Morgan fingerprint density at radius 2 is 2.00 bits per heavy atom. The lowest BCUT2D eigenvalue weighted by molar-refractivity contribution is -0.117. The molecule has 2 aromatic heterocycles. The van der Waals surface area contributed by atoms with E-state index in [2.05, 4.69) is 20.6 Å². The molecule has 0 spiro atoms. The minimum Gasteiger partial charge on any atom is -0.475 e. The largest absolute Gasteiger partial charge is 0.475 e. The average molecular weight is 415 g/mol. The number of fused-ring (bicyclic) bond motifs is 5. The first-order valence-corrected chi connectivity index (χ1v) is 9.68. The number of rotatable bonds is 1. The quantitative estimate of drug-likeness (QED) is 0.595. The van der Waals surface area contributed by atoms with Crippen LogP contribution in [0.25, 0.3) is 10.4 Å². The van der Waals surface area contributed by atoms with Crippen LogP contribution in [0.2, 0.25) is 0 Å². The van der Waals surface area contributed by atoms with Crippen LogP contribution in [0.5, 0.6) is 5.88 Å². The number of nitrogens with one attached hydrogen (secondary N) is 2. The van der Waals surface area contributed by atoms with E-state index in [1.807, 2.05) is 18.2 Å². The summed E-state index contributed by atoms with van der Waals surface area (Å²) in [5.74, 6) is -0.439. The minimum absolute atomic E-state index is 0.131. The lowest BCUT2D eigenvalue weighted by Gasteiger charge is -2.11. The van der Waals surface area contributed by atoms with Gasteiger partial charge in [-0.05, 0) is 23.8 Å². The first-order chi connectivity index (χ1) is 14.1. The molecule has 0 fully saturated rings. The van der Waals surface area contributed by atoms with E-state index in [1.54, 1.807) is 12.3 Å². The second kappa shape index (κ2) is 9.80. The Hall–Kier alpha value is -3.24. The van der Waals surface area contributed by atoms with Gasteiger partial charge in [0, 0.05) is 36.9 Å². The second-order valence-electron chi connectivity index (χ2n) is 5.93. The molecule has 0 saturated carbocycles. The molecule has 10 heteroatoms. The summed E-state index contributed by atoms with van der Waals surface area (Å²) in [5, 5.41) is 5.29. The van der Waals surface area contributed by atoms with Crippen LogP contribution in [0, 0.1) is 0 Å². The smallest absolute Gasteiger partial charge is 0.269 e. The van der Waals surface area contributed by atoms with Gasteiger partial charge in [-0.3, -0.25) is 14.6 Å². The van der Waals surface area contributed by atoms with Crippen molar-refractivity contribution in [2.24, 2.45) is 10.7 Å². The normalized spacial score (nSPS) is 16.6. The Labute approximate surface area is 171 Å². The number of allylic oxidation sites excluding steroid dienone is 1. The van der Waals surface area contributed by atoms with Gasteiger partial charge in [0.1, 0.15) is 12.3 Å². The molecule has 2 aromatic rings. The number of nitrogens with two attached hydrogens (primary N) is 1. The highest BCUT2D eigenvalue weighted by molar-refractivity contribution is 7.17. The van der Waals surface area contributed by atoms with Crippen LogP contribution < -0.4 is 21.1 Å². The van der Waals surface area contributed by atoms with E-state index in [0.29, 0.717) is 24.0 Å². The van der Waals surface area contributed by atoms with Crippen molar-refractivity contribution in [3.05, 3.63) is 46.7 Å². The number of amides is 2. The Bertz CT molecular complexity index is 954. The molecular weight excluding hydrogens is 394 g/mol. The molecule has 3 rings (SSSR count). The number of thiophene rings is 1. The Morgan fingerprint density at radius 3 is 2.83 bits per heavy atom. The molecule has 29 heavy (non-hydrogen) atoms. The first kappa shape index (κ1) is 20.5. The monoisotopic (exact) mass is 415 g/mol. The summed E-state index contributed by atoms with van der Waals surface area (Å²) < 4.78 is 11.0. The van der Waals surface area contributed by atoms with Gasteiger partial charge in [-0.1, -0.05) is 0 Å². The highest BCUT2D eigenvalue weighted by Gasteiger charge is 2.16. The molecule has 152 valence electrons. The van der Waals surface area contributed by atoms with Crippen molar-refractivity contribution in [3.8, 4) is 16.3 Å². The second-order valence-corrected chi connectivity index (χ2v) is 7.02. The van der Waals surface area contributed by atoms with Gasteiger partial charge < -0.3 is 25.8 Å². The van der Waals surface area contributed by atoms with Crippen molar-refractivity contribution < 1.29 is 19.1 Å². The van der Waals surface area contributed by atoms with Gasteiger partial charge in [0.15, 0.2) is 0 Å². The molecule has 0 unspecified atom stereocenters. The number of nitrogens with zero attached hydrogens (tertiary/aromatic N) is 2. The molecule has 0 aromatic carbocycles. The van der Waals surface area contributed by atoms with Gasteiger partial charge in [-0.2, -0.15) is 0 Å². The van der Waals surface area contributed by atoms with Crippen LogP contribution in [0.1, 0.15) is 9.67 Å². The maximum absolute atomic E-state index is 12.7. The number of aliphatic imine (C=N–C) groups is 1. The summed E-state index contributed by atoms with van der Waals surface area (Å²) in [6.07, 6.45) is 2.99. The maximum Gasteiger partial charge on any atom is 0.269 e. The lowest BCUT2D eigenvalue weighted by Crippen LogP contribution is -2.36. The molecule has 0 aliphatic carbocycles. The molecular formula is C19H21N5O4S. The fraction of sp³-hybridized carbons (Fsp3) is 0.263. The van der Waals surface area contributed by atoms with Crippen LogP contribution in [0.3, 0.4) is 0 Å². The van der Waals surface area contributed by atoms with Gasteiger partial charge in [-0.15, -0.1) is 11.3 Å². The fourth-order valence-electron chi connectivity index (χ4n) is 2.50. The van der Waals surface area contributed by atoms with Crippen molar-refractivity contribution in [2.75, 3.05) is 33.4 Å². The van der Waals surface area contributed by atoms with Crippen molar-refractivity contribution in [3.63, 3.8) is 0 Å². The van der Waals surface area contributed by atoms with E-state index in [9.17, 15) is 9.59 Å². The topological polar surface area (TPSA) is 128 Å². The van der Waals surface area contributed by atoms with Gasteiger partial charge in [0.25, 0.3) is 11.8 Å². The molecule has 2 amide bonds. The van der Waals surface area contributed by atoms with Crippen LogP contribution in [-0.2, 0) is 9.53 Å². The highest BCUT2D eigenvalue weighted by atomic mass is 32.1. The zero-order valence-electron chi connectivity index (χ0n) is 15.8. The Kier molecular flexibility index (Phi) is 6.93.